The molecule has 0 bridgehead atoms. The van der Waals surface area contributed by atoms with Crippen molar-refractivity contribution in [3.05, 3.63) is 54.5 Å². The van der Waals surface area contributed by atoms with E-state index in [1.807, 2.05) is 48.5 Å². The molecule has 3 aromatic rings. The molecule has 2 nitrogen and oxygen atoms in total. The van der Waals surface area contributed by atoms with Gasteiger partial charge in [-0.1, -0.05) is 36.4 Å². The van der Waals surface area contributed by atoms with E-state index in [0.717, 1.165) is 16.6 Å². The Balaban J connectivity index is 2.22. The van der Waals surface area contributed by atoms with Crippen LogP contribution in [-0.4, -0.2) is 10.2 Å². The van der Waals surface area contributed by atoms with Gasteiger partial charge in [0.2, 0.25) is 5.95 Å². The van der Waals surface area contributed by atoms with Crippen molar-refractivity contribution >= 4 is 10.9 Å². The van der Waals surface area contributed by atoms with Crippen LogP contribution >= 0.6 is 0 Å². The molecule has 3 rings (SSSR count). The van der Waals surface area contributed by atoms with Crippen molar-refractivity contribution in [3.63, 3.8) is 0 Å². The Morgan fingerprint density at radius 3 is 2.56 bits per heavy atom. The summed E-state index contributed by atoms with van der Waals surface area (Å²) in [5.41, 5.74) is 2.79. The number of rotatable bonds is 1. The van der Waals surface area contributed by atoms with E-state index >= 15 is 0 Å². The van der Waals surface area contributed by atoms with Gasteiger partial charge in [-0.15, -0.1) is 5.10 Å². The average Bonchev–Trinajstić information content (AvgIpc) is 2.72. The maximum atomic E-state index is 13.3. The van der Waals surface area contributed by atoms with Crippen molar-refractivity contribution in [3.8, 4) is 11.1 Å². The van der Waals surface area contributed by atoms with Crippen molar-refractivity contribution in [1.82, 2.24) is 10.2 Å². The molecule has 0 aliphatic rings. The molecule has 3 heteroatoms. The zero-order valence-corrected chi connectivity index (χ0v) is 8.44. The van der Waals surface area contributed by atoms with Crippen molar-refractivity contribution < 1.29 is 4.39 Å². The van der Waals surface area contributed by atoms with Crippen LogP contribution < -0.4 is 0 Å². The first-order valence-electron chi connectivity index (χ1n) is 5.03. The lowest BCUT2D eigenvalue weighted by atomic mass is 10.0. The number of nitrogens with zero attached hydrogens (tertiary/aromatic N) is 1. The van der Waals surface area contributed by atoms with Gasteiger partial charge in [0.25, 0.3) is 0 Å². The number of halogens is 1. The van der Waals surface area contributed by atoms with Crippen LogP contribution in [0, 0.1) is 5.95 Å². The van der Waals surface area contributed by atoms with E-state index in [2.05, 4.69) is 10.2 Å². The van der Waals surface area contributed by atoms with E-state index < -0.39 is 5.95 Å². The lowest BCUT2D eigenvalue weighted by Crippen LogP contribution is -1.77. The van der Waals surface area contributed by atoms with E-state index in [-0.39, 0.29) is 0 Å². The first kappa shape index (κ1) is 9.09. The Hall–Kier alpha value is -2.16. The maximum absolute atomic E-state index is 13.3. The first-order valence-corrected chi connectivity index (χ1v) is 5.03. The van der Waals surface area contributed by atoms with E-state index in [1.165, 1.54) is 0 Å². The second-order valence-electron chi connectivity index (χ2n) is 3.64. The lowest BCUT2D eigenvalue weighted by molar-refractivity contribution is 0.588. The topological polar surface area (TPSA) is 28.7 Å². The first-order chi connectivity index (χ1) is 7.84. The molecule has 0 spiro atoms. The van der Waals surface area contributed by atoms with Gasteiger partial charge in [0.1, 0.15) is 0 Å². The molecule has 1 heterocycles. The van der Waals surface area contributed by atoms with Crippen LogP contribution in [0.15, 0.2) is 48.5 Å². The minimum atomic E-state index is -0.451. The molecule has 0 aliphatic heterocycles. The number of hydrogen-bond donors (Lipinski definition) is 1. The van der Waals surface area contributed by atoms with E-state index in [0.29, 0.717) is 5.39 Å². The summed E-state index contributed by atoms with van der Waals surface area (Å²) in [4.78, 5) is 0. The molecular formula is C13H9FN2. The van der Waals surface area contributed by atoms with Crippen molar-refractivity contribution in [1.29, 1.82) is 0 Å². The second-order valence-corrected chi connectivity index (χ2v) is 3.64. The molecule has 0 unspecified atom stereocenters. The summed E-state index contributed by atoms with van der Waals surface area (Å²) >= 11 is 0. The molecule has 0 fully saturated rings. The van der Waals surface area contributed by atoms with E-state index in [1.54, 1.807) is 0 Å². The Bertz CT molecular complexity index is 629. The fourth-order valence-electron chi connectivity index (χ4n) is 1.79. The highest BCUT2D eigenvalue weighted by Crippen LogP contribution is 2.24. The lowest BCUT2D eigenvalue weighted by Gasteiger charge is -2.00. The molecule has 2 aromatic carbocycles. The summed E-state index contributed by atoms with van der Waals surface area (Å²) in [5.74, 6) is -0.451. The molecule has 0 radical (unpaired) electrons. The van der Waals surface area contributed by atoms with Gasteiger partial charge in [0, 0.05) is 0 Å². The highest BCUT2D eigenvalue weighted by atomic mass is 19.1. The quantitative estimate of drug-likeness (QED) is 0.658. The number of aromatic nitrogens is 2. The summed E-state index contributed by atoms with van der Waals surface area (Å²) in [6.45, 7) is 0. The Kier molecular flexibility index (Phi) is 1.96. The van der Waals surface area contributed by atoms with Gasteiger partial charge in [0.15, 0.2) is 0 Å². The largest absolute Gasteiger partial charge is 0.275 e. The van der Waals surface area contributed by atoms with Crippen LogP contribution in [0.3, 0.4) is 0 Å². The molecule has 0 amide bonds. The normalized spacial score (nSPS) is 10.8. The Morgan fingerprint density at radius 1 is 0.938 bits per heavy atom. The molecule has 0 aliphatic carbocycles. The highest BCUT2D eigenvalue weighted by Gasteiger charge is 2.05. The molecule has 16 heavy (non-hydrogen) atoms. The zero-order valence-electron chi connectivity index (χ0n) is 8.44. The monoisotopic (exact) mass is 212 g/mol. The van der Waals surface area contributed by atoms with Crippen molar-refractivity contribution in [2.75, 3.05) is 0 Å². The minimum absolute atomic E-state index is 0.451. The Morgan fingerprint density at radius 2 is 1.75 bits per heavy atom. The Labute approximate surface area is 91.7 Å². The number of fused-ring (bicyclic) bond motifs is 1. The van der Waals surface area contributed by atoms with Gasteiger partial charge in [-0.3, -0.25) is 5.10 Å². The third-order valence-corrected chi connectivity index (χ3v) is 2.62. The zero-order chi connectivity index (χ0) is 11.0. The summed E-state index contributed by atoms with van der Waals surface area (Å²) in [5, 5.41) is 6.71. The standard InChI is InChI=1S/C13H9FN2/c14-13-11-8-10(6-7-12(11)15-16-13)9-4-2-1-3-5-9/h1-8H,(H,15,16). The van der Waals surface area contributed by atoms with Gasteiger partial charge in [0.05, 0.1) is 10.9 Å². The third-order valence-electron chi connectivity index (χ3n) is 2.62. The molecule has 0 saturated heterocycles. The summed E-state index contributed by atoms with van der Waals surface area (Å²) in [7, 11) is 0. The fourth-order valence-corrected chi connectivity index (χ4v) is 1.79. The van der Waals surface area contributed by atoms with Crippen LogP contribution in [0.5, 0.6) is 0 Å². The number of hydrogen-bond acceptors (Lipinski definition) is 1. The van der Waals surface area contributed by atoms with Gasteiger partial charge < -0.3 is 0 Å². The SMILES string of the molecule is Fc1n[nH]c2ccc(-c3ccccc3)cc12. The van der Waals surface area contributed by atoms with Crippen LogP contribution in [0.4, 0.5) is 4.39 Å². The maximum Gasteiger partial charge on any atom is 0.240 e. The molecule has 1 N–H and O–H groups in total. The number of H-pyrrole nitrogens is 1. The van der Waals surface area contributed by atoms with E-state index in [4.69, 9.17) is 0 Å². The van der Waals surface area contributed by atoms with Gasteiger partial charge in [-0.05, 0) is 23.3 Å². The van der Waals surface area contributed by atoms with Crippen LogP contribution in [-0.2, 0) is 0 Å². The fraction of sp³-hybridized carbons (Fsp3) is 0. The van der Waals surface area contributed by atoms with Crippen molar-refractivity contribution in [2.24, 2.45) is 0 Å². The number of nitrogens with one attached hydrogen (secondary N) is 1. The minimum Gasteiger partial charge on any atom is -0.275 e. The number of benzene rings is 2. The third kappa shape index (κ3) is 1.37. The summed E-state index contributed by atoms with van der Waals surface area (Å²) in [6.07, 6.45) is 0. The molecular weight excluding hydrogens is 203 g/mol. The molecule has 0 atom stereocenters. The smallest absolute Gasteiger partial charge is 0.240 e. The van der Waals surface area contributed by atoms with Crippen LogP contribution in [0.1, 0.15) is 0 Å². The van der Waals surface area contributed by atoms with Gasteiger partial charge in [-0.25, -0.2) is 0 Å². The van der Waals surface area contributed by atoms with E-state index in [9.17, 15) is 4.39 Å². The summed E-state index contributed by atoms with van der Waals surface area (Å²) < 4.78 is 13.3. The molecule has 78 valence electrons. The summed E-state index contributed by atoms with van der Waals surface area (Å²) in [6, 6.07) is 15.5. The van der Waals surface area contributed by atoms with Crippen LogP contribution in [0.25, 0.3) is 22.0 Å². The van der Waals surface area contributed by atoms with Crippen LogP contribution in [0.2, 0.25) is 0 Å². The van der Waals surface area contributed by atoms with Crippen molar-refractivity contribution in [2.45, 2.75) is 0 Å². The van der Waals surface area contributed by atoms with Gasteiger partial charge in [-0.2, -0.15) is 4.39 Å². The predicted molar refractivity (Wildman–Crippen MR) is 61.5 cm³/mol. The molecule has 0 saturated carbocycles. The van der Waals surface area contributed by atoms with Gasteiger partial charge >= 0.3 is 0 Å². The number of aromatic amines is 1. The highest BCUT2D eigenvalue weighted by molar-refractivity contribution is 5.84. The predicted octanol–water partition coefficient (Wildman–Crippen LogP) is 3.37. The second kappa shape index (κ2) is 3.45. The average molecular weight is 212 g/mol. The molecule has 1 aromatic heterocycles.